The Morgan fingerprint density at radius 3 is 2.82 bits per heavy atom. The van der Waals surface area contributed by atoms with Gasteiger partial charge in [0.1, 0.15) is 5.60 Å². The number of fused-ring (bicyclic) bond motifs is 1. The molecule has 2 heterocycles. The highest BCUT2D eigenvalue weighted by Gasteiger charge is 2.51. The van der Waals surface area contributed by atoms with Crippen molar-refractivity contribution >= 4 is 17.7 Å². The normalized spacial score (nSPS) is 32.7. The maximum Gasteiger partial charge on any atom is 0.410 e. The van der Waals surface area contributed by atoms with Crippen molar-refractivity contribution in [2.24, 2.45) is 11.3 Å². The Bertz CT molecular complexity index is 315. The summed E-state index contributed by atoms with van der Waals surface area (Å²) in [5.41, 5.74) is -0.502. The number of carbonyl (C=O) groups is 1. The summed E-state index contributed by atoms with van der Waals surface area (Å²) in [6.07, 6.45) is -0.239. The van der Waals surface area contributed by atoms with Crippen LogP contribution in [0.25, 0.3) is 0 Å². The van der Waals surface area contributed by atoms with Crippen LogP contribution in [0.5, 0.6) is 0 Å². The van der Waals surface area contributed by atoms with E-state index in [-0.39, 0.29) is 11.5 Å². The fourth-order valence-electron chi connectivity index (χ4n) is 2.49. The third-order valence-electron chi connectivity index (χ3n) is 3.44. The largest absolute Gasteiger partial charge is 0.444 e. The molecule has 2 rings (SSSR count). The zero-order valence-corrected chi connectivity index (χ0v) is 11.4. The second-order valence-corrected chi connectivity index (χ2v) is 6.34. The number of nitrogens with zero attached hydrogens (tertiary/aromatic N) is 1. The lowest BCUT2D eigenvalue weighted by Crippen LogP contribution is -2.38. The molecule has 0 aromatic heterocycles. The standard InChI is InChI=1S/C12H20ClNO3/c1-11(2,3)17-10(15)14-4-9-5-16-8-12(9,6-13)7-14/h9H,4-8H2,1-3H3/t9-,12+/m1/s1. The van der Waals surface area contributed by atoms with Gasteiger partial charge in [0.25, 0.3) is 0 Å². The van der Waals surface area contributed by atoms with E-state index in [1.807, 2.05) is 20.8 Å². The highest BCUT2D eigenvalue weighted by atomic mass is 35.5. The number of halogens is 1. The number of alkyl halides is 1. The Balaban J connectivity index is 2.00. The van der Waals surface area contributed by atoms with Gasteiger partial charge >= 0.3 is 6.09 Å². The van der Waals surface area contributed by atoms with E-state index < -0.39 is 5.60 Å². The van der Waals surface area contributed by atoms with Crippen molar-refractivity contribution in [2.75, 3.05) is 32.2 Å². The average molecular weight is 262 g/mol. The topological polar surface area (TPSA) is 38.8 Å². The Kier molecular flexibility index (Phi) is 3.29. The van der Waals surface area contributed by atoms with Gasteiger partial charge in [0.2, 0.25) is 0 Å². The summed E-state index contributed by atoms with van der Waals surface area (Å²) in [7, 11) is 0. The fourth-order valence-corrected chi connectivity index (χ4v) is 2.87. The molecule has 2 saturated heterocycles. The molecule has 0 spiro atoms. The molecule has 2 fully saturated rings. The Hall–Kier alpha value is -0.480. The number of likely N-dealkylation sites (tertiary alicyclic amines) is 1. The van der Waals surface area contributed by atoms with E-state index in [2.05, 4.69) is 0 Å². The first kappa shape index (κ1) is 13.0. The van der Waals surface area contributed by atoms with Crippen LogP contribution >= 0.6 is 11.6 Å². The van der Waals surface area contributed by atoms with Crippen LogP contribution in [0.2, 0.25) is 0 Å². The average Bonchev–Trinajstić information content (AvgIpc) is 2.70. The number of carbonyl (C=O) groups excluding carboxylic acids is 1. The van der Waals surface area contributed by atoms with Crippen molar-refractivity contribution in [3.63, 3.8) is 0 Å². The summed E-state index contributed by atoms with van der Waals surface area (Å²) in [4.78, 5) is 13.7. The van der Waals surface area contributed by atoms with Crippen LogP contribution in [0.3, 0.4) is 0 Å². The van der Waals surface area contributed by atoms with Crippen molar-refractivity contribution < 1.29 is 14.3 Å². The van der Waals surface area contributed by atoms with Crippen molar-refractivity contribution in [1.29, 1.82) is 0 Å². The molecule has 0 aromatic carbocycles. The van der Waals surface area contributed by atoms with Crippen LogP contribution in [0.15, 0.2) is 0 Å². The van der Waals surface area contributed by atoms with Crippen LogP contribution in [0.1, 0.15) is 20.8 Å². The Labute approximate surface area is 107 Å². The lowest BCUT2D eigenvalue weighted by atomic mass is 9.83. The van der Waals surface area contributed by atoms with E-state index in [9.17, 15) is 4.79 Å². The van der Waals surface area contributed by atoms with E-state index in [0.29, 0.717) is 38.1 Å². The lowest BCUT2D eigenvalue weighted by molar-refractivity contribution is 0.0242. The van der Waals surface area contributed by atoms with E-state index in [1.165, 1.54) is 0 Å². The molecule has 17 heavy (non-hydrogen) atoms. The van der Waals surface area contributed by atoms with Crippen LogP contribution in [-0.4, -0.2) is 48.8 Å². The van der Waals surface area contributed by atoms with Gasteiger partial charge < -0.3 is 14.4 Å². The molecule has 0 unspecified atom stereocenters. The predicted octanol–water partition coefficient (Wildman–Crippen LogP) is 2.11. The minimum atomic E-state index is -0.445. The summed E-state index contributed by atoms with van der Waals surface area (Å²) in [6, 6.07) is 0. The molecular weight excluding hydrogens is 242 g/mol. The van der Waals surface area contributed by atoms with E-state index >= 15 is 0 Å². The Morgan fingerprint density at radius 2 is 2.29 bits per heavy atom. The van der Waals surface area contributed by atoms with E-state index in [4.69, 9.17) is 21.1 Å². The maximum atomic E-state index is 12.0. The van der Waals surface area contributed by atoms with Crippen molar-refractivity contribution in [1.82, 2.24) is 4.90 Å². The number of hydrogen-bond donors (Lipinski definition) is 0. The zero-order valence-electron chi connectivity index (χ0n) is 10.7. The quantitative estimate of drug-likeness (QED) is 0.679. The van der Waals surface area contributed by atoms with Crippen molar-refractivity contribution in [2.45, 2.75) is 26.4 Å². The fraction of sp³-hybridized carbons (Fsp3) is 0.917. The summed E-state index contributed by atoms with van der Waals surface area (Å²) in [6.45, 7) is 8.33. The molecule has 1 amide bonds. The molecule has 5 heteroatoms. The molecule has 0 saturated carbocycles. The molecule has 2 aliphatic rings. The lowest BCUT2D eigenvalue weighted by Gasteiger charge is -2.26. The van der Waals surface area contributed by atoms with Gasteiger partial charge in [-0.15, -0.1) is 11.6 Å². The first-order chi connectivity index (χ1) is 7.86. The molecule has 2 aliphatic heterocycles. The van der Waals surface area contributed by atoms with Gasteiger partial charge in [-0.05, 0) is 20.8 Å². The molecule has 98 valence electrons. The smallest absolute Gasteiger partial charge is 0.410 e. The van der Waals surface area contributed by atoms with Gasteiger partial charge in [0.15, 0.2) is 0 Å². The van der Waals surface area contributed by atoms with Crippen LogP contribution in [-0.2, 0) is 9.47 Å². The predicted molar refractivity (Wildman–Crippen MR) is 65.3 cm³/mol. The molecule has 0 bridgehead atoms. The number of ether oxygens (including phenoxy) is 2. The summed E-state index contributed by atoms with van der Waals surface area (Å²) in [5.74, 6) is 0.893. The van der Waals surface area contributed by atoms with Crippen molar-refractivity contribution in [3.05, 3.63) is 0 Å². The number of hydrogen-bond acceptors (Lipinski definition) is 3. The summed E-state index contributed by atoms with van der Waals surface area (Å²) in [5, 5.41) is 0. The SMILES string of the molecule is CC(C)(C)OC(=O)N1C[C@@H]2COC[C@]2(CCl)C1. The second kappa shape index (κ2) is 4.32. The molecule has 0 aliphatic carbocycles. The van der Waals surface area contributed by atoms with Gasteiger partial charge in [-0.3, -0.25) is 0 Å². The summed E-state index contributed by atoms with van der Waals surface area (Å²) >= 11 is 6.04. The van der Waals surface area contributed by atoms with Gasteiger partial charge in [0, 0.05) is 30.3 Å². The summed E-state index contributed by atoms with van der Waals surface area (Å²) < 4.78 is 10.9. The molecule has 4 nitrogen and oxygen atoms in total. The van der Waals surface area contributed by atoms with Crippen LogP contribution < -0.4 is 0 Å². The molecule has 0 N–H and O–H groups in total. The van der Waals surface area contributed by atoms with Gasteiger partial charge in [-0.25, -0.2) is 4.79 Å². The third-order valence-corrected chi connectivity index (χ3v) is 3.97. The number of amides is 1. The van der Waals surface area contributed by atoms with E-state index in [1.54, 1.807) is 4.90 Å². The van der Waals surface area contributed by atoms with Gasteiger partial charge in [0.05, 0.1) is 13.2 Å². The van der Waals surface area contributed by atoms with Gasteiger partial charge in [-0.2, -0.15) is 0 Å². The minimum Gasteiger partial charge on any atom is -0.444 e. The minimum absolute atomic E-state index is 0.0571. The zero-order chi connectivity index (χ0) is 12.7. The first-order valence-corrected chi connectivity index (χ1v) is 6.51. The maximum absolute atomic E-state index is 12.0. The Morgan fingerprint density at radius 1 is 1.59 bits per heavy atom. The van der Waals surface area contributed by atoms with Crippen molar-refractivity contribution in [3.8, 4) is 0 Å². The molecular formula is C12H20ClNO3. The molecule has 0 aromatic rings. The highest BCUT2D eigenvalue weighted by molar-refractivity contribution is 6.18. The third kappa shape index (κ3) is 2.52. The molecule has 2 atom stereocenters. The highest BCUT2D eigenvalue weighted by Crippen LogP contribution is 2.42. The first-order valence-electron chi connectivity index (χ1n) is 5.98. The van der Waals surface area contributed by atoms with Crippen LogP contribution in [0, 0.1) is 11.3 Å². The number of rotatable bonds is 1. The molecule has 0 radical (unpaired) electrons. The van der Waals surface area contributed by atoms with Crippen LogP contribution in [0.4, 0.5) is 4.79 Å². The monoisotopic (exact) mass is 261 g/mol. The second-order valence-electron chi connectivity index (χ2n) is 6.07. The van der Waals surface area contributed by atoms with E-state index in [0.717, 1.165) is 0 Å². The van der Waals surface area contributed by atoms with Gasteiger partial charge in [-0.1, -0.05) is 0 Å².